The van der Waals surface area contributed by atoms with Crippen LogP contribution in [0.15, 0.2) is 79.0 Å². The summed E-state index contributed by atoms with van der Waals surface area (Å²) in [5.74, 6) is -1.46. The Morgan fingerprint density at radius 3 is 2.23 bits per heavy atom. The van der Waals surface area contributed by atoms with Crippen LogP contribution >= 0.6 is 11.6 Å². The fraction of sp³-hybridized carbons (Fsp3) is 0.0500. The zero-order valence-corrected chi connectivity index (χ0v) is 14.6. The maximum Gasteiger partial charge on any atom is 0.316 e. The summed E-state index contributed by atoms with van der Waals surface area (Å²) in [7, 11) is 0. The van der Waals surface area contributed by atoms with Gasteiger partial charge in [0.25, 0.3) is 0 Å². The van der Waals surface area contributed by atoms with Crippen LogP contribution in [0, 0.1) is 0 Å². The van der Waals surface area contributed by atoms with Gasteiger partial charge in [-0.05, 0) is 29.8 Å². The molecule has 3 rings (SSSR count). The number of halogens is 1. The number of carbonyl (C=O) groups excluding carboxylic acids is 2. The zero-order valence-electron chi connectivity index (χ0n) is 13.8. The molecule has 0 aliphatic rings. The minimum atomic E-state index is -0.778. The number of rotatable bonds is 4. The Kier molecular flexibility index (Phi) is 5.61. The highest BCUT2D eigenvalue weighted by Gasteiger charge is 2.24. The average Bonchev–Trinajstić information content (AvgIpc) is 2.69. The molecule has 1 N–H and O–H groups in total. The van der Waals surface area contributed by atoms with E-state index in [1.807, 2.05) is 48.5 Å². The number of para-hydroxylation sites is 1. The van der Waals surface area contributed by atoms with Gasteiger partial charge in [-0.2, -0.15) is 0 Å². The first-order chi connectivity index (χ1) is 12.6. The standard InChI is InChI=1S/C20H16ClN3O2/c21-18-17(12-7-13-22-18)23-19(25)20(26)24(16-10-5-2-6-11-16)14-15-8-3-1-4-9-15/h1-13H,14H2,(H,23,25). The van der Waals surface area contributed by atoms with Crippen molar-refractivity contribution in [1.29, 1.82) is 0 Å². The van der Waals surface area contributed by atoms with Gasteiger partial charge in [0, 0.05) is 11.9 Å². The largest absolute Gasteiger partial charge is 0.316 e. The van der Waals surface area contributed by atoms with Crippen LogP contribution < -0.4 is 10.2 Å². The van der Waals surface area contributed by atoms with Crippen molar-refractivity contribution in [1.82, 2.24) is 4.98 Å². The van der Waals surface area contributed by atoms with Gasteiger partial charge < -0.3 is 5.32 Å². The van der Waals surface area contributed by atoms with E-state index in [9.17, 15) is 9.59 Å². The van der Waals surface area contributed by atoms with E-state index in [-0.39, 0.29) is 11.7 Å². The maximum absolute atomic E-state index is 12.8. The van der Waals surface area contributed by atoms with Crippen molar-refractivity contribution in [2.24, 2.45) is 0 Å². The third-order valence-corrected chi connectivity index (χ3v) is 4.00. The smallest absolute Gasteiger partial charge is 0.315 e. The Hall–Kier alpha value is -3.18. The minimum absolute atomic E-state index is 0.128. The lowest BCUT2D eigenvalue weighted by Gasteiger charge is -2.22. The van der Waals surface area contributed by atoms with E-state index < -0.39 is 11.8 Å². The van der Waals surface area contributed by atoms with Crippen LogP contribution in [0.1, 0.15) is 5.56 Å². The van der Waals surface area contributed by atoms with Crippen LogP contribution in [0.5, 0.6) is 0 Å². The second kappa shape index (κ2) is 8.27. The molecule has 0 radical (unpaired) electrons. The molecule has 0 bridgehead atoms. The van der Waals surface area contributed by atoms with Crippen molar-refractivity contribution in [3.05, 3.63) is 89.7 Å². The Morgan fingerprint density at radius 2 is 1.58 bits per heavy atom. The molecule has 26 heavy (non-hydrogen) atoms. The van der Waals surface area contributed by atoms with Crippen molar-refractivity contribution < 1.29 is 9.59 Å². The zero-order chi connectivity index (χ0) is 18.4. The van der Waals surface area contributed by atoms with Gasteiger partial charge in [-0.25, -0.2) is 4.98 Å². The Bertz CT molecular complexity index is 901. The van der Waals surface area contributed by atoms with Crippen molar-refractivity contribution in [3.63, 3.8) is 0 Å². The van der Waals surface area contributed by atoms with Gasteiger partial charge in [-0.1, -0.05) is 60.1 Å². The van der Waals surface area contributed by atoms with Gasteiger partial charge in [-0.3, -0.25) is 14.5 Å². The third kappa shape index (κ3) is 4.26. The molecule has 0 spiro atoms. The van der Waals surface area contributed by atoms with Crippen LogP contribution in [-0.4, -0.2) is 16.8 Å². The van der Waals surface area contributed by atoms with E-state index in [0.717, 1.165) is 5.56 Å². The van der Waals surface area contributed by atoms with Crippen molar-refractivity contribution >= 4 is 34.8 Å². The summed E-state index contributed by atoms with van der Waals surface area (Å²) in [5, 5.41) is 2.65. The van der Waals surface area contributed by atoms with Gasteiger partial charge >= 0.3 is 11.8 Å². The Morgan fingerprint density at radius 1 is 0.923 bits per heavy atom. The van der Waals surface area contributed by atoms with Crippen LogP contribution in [0.25, 0.3) is 0 Å². The van der Waals surface area contributed by atoms with E-state index >= 15 is 0 Å². The van der Waals surface area contributed by atoms with Crippen LogP contribution in [0.4, 0.5) is 11.4 Å². The summed E-state index contributed by atoms with van der Waals surface area (Å²) in [5.41, 5.74) is 1.84. The third-order valence-electron chi connectivity index (χ3n) is 3.70. The molecule has 1 heterocycles. The highest BCUT2D eigenvalue weighted by atomic mass is 35.5. The van der Waals surface area contributed by atoms with E-state index in [0.29, 0.717) is 11.4 Å². The van der Waals surface area contributed by atoms with E-state index in [1.54, 1.807) is 24.3 Å². The topological polar surface area (TPSA) is 62.3 Å². The number of benzene rings is 2. The number of aromatic nitrogens is 1. The maximum atomic E-state index is 12.8. The molecule has 0 saturated heterocycles. The number of hydrogen-bond donors (Lipinski definition) is 1. The molecule has 2 amide bonds. The first-order valence-corrected chi connectivity index (χ1v) is 8.35. The quantitative estimate of drug-likeness (QED) is 0.563. The minimum Gasteiger partial charge on any atom is -0.315 e. The molecular weight excluding hydrogens is 350 g/mol. The number of pyridine rings is 1. The van der Waals surface area contributed by atoms with E-state index in [1.165, 1.54) is 11.1 Å². The van der Waals surface area contributed by atoms with E-state index in [2.05, 4.69) is 10.3 Å². The van der Waals surface area contributed by atoms with Crippen molar-refractivity contribution in [2.75, 3.05) is 10.2 Å². The number of nitrogens with one attached hydrogen (secondary N) is 1. The number of anilines is 2. The van der Waals surface area contributed by atoms with Crippen molar-refractivity contribution in [3.8, 4) is 0 Å². The molecule has 130 valence electrons. The van der Waals surface area contributed by atoms with Gasteiger partial charge in [0.05, 0.1) is 12.2 Å². The summed E-state index contributed by atoms with van der Waals surface area (Å²) in [6.45, 7) is 0.276. The predicted molar refractivity (Wildman–Crippen MR) is 102 cm³/mol. The molecule has 5 nitrogen and oxygen atoms in total. The predicted octanol–water partition coefficient (Wildman–Crippen LogP) is 3.91. The second-order valence-corrected chi connectivity index (χ2v) is 5.87. The summed E-state index contributed by atoms with van der Waals surface area (Å²) in [6, 6.07) is 21.7. The van der Waals surface area contributed by atoms with Gasteiger partial charge in [0.15, 0.2) is 5.15 Å². The summed E-state index contributed by atoms with van der Waals surface area (Å²) >= 11 is 5.95. The highest BCUT2D eigenvalue weighted by molar-refractivity contribution is 6.45. The molecule has 1 aromatic heterocycles. The number of nitrogens with zero attached hydrogens (tertiary/aromatic N) is 2. The molecule has 0 aliphatic carbocycles. The first kappa shape index (κ1) is 17.6. The fourth-order valence-electron chi connectivity index (χ4n) is 2.43. The van der Waals surface area contributed by atoms with Crippen LogP contribution in [-0.2, 0) is 16.1 Å². The average molecular weight is 366 g/mol. The van der Waals surface area contributed by atoms with E-state index in [4.69, 9.17) is 11.6 Å². The van der Waals surface area contributed by atoms with Crippen LogP contribution in [0.3, 0.4) is 0 Å². The number of hydrogen-bond acceptors (Lipinski definition) is 3. The molecule has 2 aromatic carbocycles. The fourth-order valence-corrected chi connectivity index (χ4v) is 2.60. The molecule has 0 aliphatic heterocycles. The molecule has 0 atom stereocenters. The molecule has 0 unspecified atom stereocenters. The lowest BCUT2D eigenvalue weighted by Crippen LogP contribution is -2.39. The molecule has 0 saturated carbocycles. The monoisotopic (exact) mass is 365 g/mol. The van der Waals surface area contributed by atoms with Gasteiger partial charge in [0.1, 0.15) is 0 Å². The SMILES string of the molecule is O=C(Nc1cccnc1Cl)C(=O)N(Cc1ccccc1)c1ccccc1. The summed E-state index contributed by atoms with van der Waals surface area (Å²) in [4.78, 5) is 30.6. The normalized spacial score (nSPS) is 10.2. The summed E-state index contributed by atoms with van der Waals surface area (Å²) < 4.78 is 0. The molecular formula is C20H16ClN3O2. The lowest BCUT2D eigenvalue weighted by atomic mass is 10.2. The molecule has 6 heteroatoms. The Balaban J connectivity index is 1.85. The van der Waals surface area contributed by atoms with Gasteiger partial charge in [0.2, 0.25) is 0 Å². The van der Waals surface area contributed by atoms with Crippen LogP contribution in [0.2, 0.25) is 5.15 Å². The summed E-state index contributed by atoms with van der Waals surface area (Å²) in [6.07, 6.45) is 1.51. The highest BCUT2D eigenvalue weighted by Crippen LogP contribution is 2.20. The first-order valence-electron chi connectivity index (χ1n) is 7.97. The molecule has 3 aromatic rings. The number of carbonyl (C=O) groups is 2. The second-order valence-electron chi connectivity index (χ2n) is 5.51. The van der Waals surface area contributed by atoms with Gasteiger partial charge in [-0.15, -0.1) is 0 Å². The molecule has 0 fully saturated rings. The number of amides is 2. The van der Waals surface area contributed by atoms with Crippen molar-refractivity contribution in [2.45, 2.75) is 6.54 Å². The Labute approximate surface area is 156 Å². The lowest BCUT2D eigenvalue weighted by molar-refractivity contribution is -0.134.